The third-order valence-electron chi connectivity index (χ3n) is 2.94. The number of carbonyl (C=O) groups is 1. The molecule has 0 aliphatic rings. The molecule has 0 aromatic heterocycles. The molecule has 3 N–H and O–H groups in total. The van der Waals surface area contributed by atoms with Crippen molar-refractivity contribution in [3.05, 3.63) is 23.8 Å². The molecule has 0 spiro atoms. The second-order valence-electron chi connectivity index (χ2n) is 5.03. The Hall–Kier alpha value is -1.55. The van der Waals surface area contributed by atoms with Gasteiger partial charge in [-0.2, -0.15) is 0 Å². The van der Waals surface area contributed by atoms with E-state index in [1.165, 1.54) is 0 Å². The zero-order chi connectivity index (χ0) is 14.3. The van der Waals surface area contributed by atoms with Crippen LogP contribution in [0.2, 0.25) is 0 Å². The topological polar surface area (TPSA) is 64.3 Å². The van der Waals surface area contributed by atoms with Crippen LogP contribution in [0, 0.1) is 12.8 Å². The Balaban J connectivity index is 2.35. The van der Waals surface area contributed by atoms with Gasteiger partial charge in [-0.25, -0.2) is 0 Å². The molecule has 1 unspecified atom stereocenters. The van der Waals surface area contributed by atoms with E-state index in [2.05, 4.69) is 19.2 Å². The van der Waals surface area contributed by atoms with Gasteiger partial charge in [0.1, 0.15) is 6.61 Å². The number of carbonyl (C=O) groups excluding carboxylic acids is 1. The molecule has 0 fully saturated rings. The first-order valence-corrected chi connectivity index (χ1v) is 6.76. The number of hydrogen-bond donors (Lipinski definition) is 2. The molecule has 1 amide bonds. The molecule has 106 valence electrons. The van der Waals surface area contributed by atoms with Gasteiger partial charge in [0.2, 0.25) is 5.91 Å². The molecule has 4 heteroatoms. The summed E-state index contributed by atoms with van der Waals surface area (Å²) < 4.78 is 5.41. The van der Waals surface area contributed by atoms with Crippen molar-refractivity contribution in [2.75, 3.05) is 24.3 Å². The lowest BCUT2D eigenvalue weighted by atomic mass is 10.1. The average Bonchev–Trinajstić information content (AvgIpc) is 2.33. The van der Waals surface area contributed by atoms with E-state index in [0.717, 1.165) is 24.1 Å². The summed E-state index contributed by atoms with van der Waals surface area (Å²) in [4.78, 5) is 11.7. The van der Waals surface area contributed by atoms with E-state index in [1.54, 1.807) is 6.07 Å². The smallest absolute Gasteiger partial charge is 0.250 e. The van der Waals surface area contributed by atoms with Crippen molar-refractivity contribution in [2.45, 2.75) is 33.6 Å². The van der Waals surface area contributed by atoms with E-state index in [0.29, 0.717) is 18.2 Å². The van der Waals surface area contributed by atoms with E-state index in [9.17, 15) is 4.79 Å². The van der Waals surface area contributed by atoms with Crippen molar-refractivity contribution in [3.8, 4) is 0 Å². The Morgan fingerprint density at radius 3 is 2.84 bits per heavy atom. The lowest BCUT2D eigenvalue weighted by Crippen LogP contribution is -2.20. The fourth-order valence-electron chi connectivity index (χ4n) is 1.94. The van der Waals surface area contributed by atoms with E-state index in [-0.39, 0.29) is 12.5 Å². The van der Waals surface area contributed by atoms with E-state index in [1.807, 2.05) is 19.1 Å². The Bertz CT molecular complexity index is 419. The highest BCUT2D eigenvalue weighted by Crippen LogP contribution is 2.17. The predicted octanol–water partition coefficient (Wildman–Crippen LogP) is 2.97. The maximum Gasteiger partial charge on any atom is 0.250 e. The number of nitrogen functional groups attached to an aromatic ring is 1. The fourth-order valence-corrected chi connectivity index (χ4v) is 1.94. The molecule has 1 aromatic carbocycles. The van der Waals surface area contributed by atoms with Crippen molar-refractivity contribution in [3.63, 3.8) is 0 Å². The van der Waals surface area contributed by atoms with Crippen LogP contribution < -0.4 is 11.1 Å². The minimum absolute atomic E-state index is 0.0951. The number of anilines is 2. The number of benzene rings is 1. The lowest BCUT2D eigenvalue weighted by Gasteiger charge is -2.12. The molecule has 0 bridgehead atoms. The highest BCUT2D eigenvalue weighted by molar-refractivity contribution is 5.92. The van der Waals surface area contributed by atoms with E-state index in [4.69, 9.17) is 10.5 Å². The van der Waals surface area contributed by atoms with Gasteiger partial charge in [-0.3, -0.25) is 4.79 Å². The Kier molecular flexibility index (Phi) is 6.36. The van der Waals surface area contributed by atoms with Gasteiger partial charge in [0, 0.05) is 18.0 Å². The molecule has 1 atom stereocenters. The number of hydrogen-bond acceptors (Lipinski definition) is 3. The SMILES string of the molecule is CCCC(C)COCC(=O)Nc1ccc(N)cc1C. The summed E-state index contributed by atoms with van der Waals surface area (Å²) >= 11 is 0. The standard InChI is InChI=1S/C15H24N2O2/c1-4-5-11(2)9-19-10-15(18)17-14-7-6-13(16)8-12(14)3/h6-8,11H,4-5,9-10,16H2,1-3H3,(H,17,18). The molecule has 4 nitrogen and oxygen atoms in total. The van der Waals surface area contributed by atoms with Gasteiger partial charge in [-0.15, -0.1) is 0 Å². The monoisotopic (exact) mass is 264 g/mol. The molecular formula is C15H24N2O2. The van der Waals surface area contributed by atoms with Crippen molar-refractivity contribution in [2.24, 2.45) is 5.92 Å². The summed E-state index contributed by atoms with van der Waals surface area (Å²) in [5.41, 5.74) is 8.09. The zero-order valence-corrected chi connectivity index (χ0v) is 12.0. The molecule has 19 heavy (non-hydrogen) atoms. The van der Waals surface area contributed by atoms with Crippen LogP contribution in [0.5, 0.6) is 0 Å². The largest absolute Gasteiger partial charge is 0.399 e. The normalized spacial score (nSPS) is 12.2. The van der Waals surface area contributed by atoms with Crippen molar-refractivity contribution < 1.29 is 9.53 Å². The van der Waals surface area contributed by atoms with E-state index < -0.39 is 0 Å². The molecule has 0 radical (unpaired) electrons. The van der Waals surface area contributed by atoms with Gasteiger partial charge in [0.05, 0.1) is 0 Å². The van der Waals surface area contributed by atoms with Crippen LogP contribution in [0.15, 0.2) is 18.2 Å². The maximum absolute atomic E-state index is 11.7. The second-order valence-corrected chi connectivity index (χ2v) is 5.03. The van der Waals surface area contributed by atoms with Crippen LogP contribution in [0.25, 0.3) is 0 Å². The van der Waals surface area contributed by atoms with Crippen LogP contribution in [-0.2, 0) is 9.53 Å². The van der Waals surface area contributed by atoms with Crippen LogP contribution in [0.3, 0.4) is 0 Å². The second kappa shape index (κ2) is 7.79. The number of nitrogens with one attached hydrogen (secondary N) is 1. The third-order valence-corrected chi connectivity index (χ3v) is 2.94. The Morgan fingerprint density at radius 2 is 2.21 bits per heavy atom. The Morgan fingerprint density at radius 1 is 1.47 bits per heavy atom. The average molecular weight is 264 g/mol. The first-order valence-electron chi connectivity index (χ1n) is 6.76. The predicted molar refractivity (Wildman–Crippen MR) is 79.1 cm³/mol. The van der Waals surface area contributed by atoms with Crippen LogP contribution in [0.4, 0.5) is 11.4 Å². The van der Waals surface area contributed by atoms with Gasteiger partial charge in [0.15, 0.2) is 0 Å². The molecule has 0 saturated carbocycles. The van der Waals surface area contributed by atoms with Gasteiger partial charge in [-0.1, -0.05) is 20.3 Å². The van der Waals surface area contributed by atoms with Crippen LogP contribution in [0.1, 0.15) is 32.3 Å². The maximum atomic E-state index is 11.7. The minimum Gasteiger partial charge on any atom is -0.399 e. The molecule has 0 aliphatic carbocycles. The quantitative estimate of drug-likeness (QED) is 0.744. The number of aryl methyl sites for hydroxylation is 1. The van der Waals surface area contributed by atoms with Gasteiger partial charge >= 0.3 is 0 Å². The molecule has 1 aromatic rings. The summed E-state index contributed by atoms with van der Waals surface area (Å²) in [6.45, 7) is 6.91. The zero-order valence-electron chi connectivity index (χ0n) is 12.0. The number of amides is 1. The Labute approximate surface area is 115 Å². The first-order chi connectivity index (χ1) is 9.02. The van der Waals surface area contributed by atoms with Crippen molar-refractivity contribution in [1.29, 1.82) is 0 Å². The highest BCUT2D eigenvalue weighted by Gasteiger charge is 2.07. The number of ether oxygens (including phenoxy) is 1. The van der Waals surface area contributed by atoms with E-state index >= 15 is 0 Å². The molecule has 0 saturated heterocycles. The van der Waals surface area contributed by atoms with Crippen LogP contribution >= 0.6 is 0 Å². The summed E-state index contributed by atoms with van der Waals surface area (Å²) in [6.07, 6.45) is 2.26. The highest BCUT2D eigenvalue weighted by atomic mass is 16.5. The fraction of sp³-hybridized carbons (Fsp3) is 0.533. The summed E-state index contributed by atoms with van der Waals surface area (Å²) in [5, 5.41) is 2.82. The molecular weight excluding hydrogens is 240 g/mol. The minimum atomic E-state index is -0.128. The van der Waals surface area contributed by atoms with Gasteiger partial charge < -0.3 is 15.8 Å². The van der Waals surface area contributed by atoms with Gasteiger partial charge in [0.25, 0.3) is 0 Å². The molecule has 1 rings (SSSR count). The molecule has 0 heterocycles. The third kappa shape index (κ3) is 5.75. The lowest BCUT2D eigenvalue weighted by molar-refractivity contribution is -0.121. The van der Waals surface area contributed by atoms with Gasteiger partial charge in [-0.05, 0) is 43.0 Å². The number of rotatable bonds is 7. The summed E-state index contributed by atoms with van der Waals surface area (Å²) in [7, 11) is 0. The first kappa shape index (κ1) is 15.5. The summed E-state index contributed by atoms with van der Waals surface area (Å²) in [5.74, 6) is 0.368. The molecule has 0 aliphatic heterocycles. The van der Waals surface area contributed by atoms with Crippen LogP contribution in [-0.4, -0.2) is 19.1 Å². The van der Waals surface area contributed by atoms with Crippen molar-refractivity contribution in [1.82, 2.24) is 0 Å². The van der Waals surface area contributed by atoms with Crippen molar-refractivity contribution >= 4 is 17.3 Å². The summed E-state index contributed by atoms with van der Waals surface area (Å²) in [6, 6.07) is 5.41. The number of nitrogens with two attached hydrogens (primary N) is 1.